The number of unbranched alkanes of at least 4 members (excludes halogenated alkanes) is 18. The van der Waals surface area contributed by atoms with E-state index in [4.69, 9.17) is 0 Å². The molecule has 2 heteroatoms. The second-order valence-corrected chi connectivity index (χ2v) is 11.8. The number of nitrogens with zero attached hydrogens (tertiary/aromatic N) is 2. The average Bonchev–Trinajstić information content (AvgIpc) is 2.96. The monoisotopic (exact) mass is 553 g/mol. The first-order valence-corrected chi connectivity index (χ1v) is 17.3. The molecule has 0 heterocycles. The molecule has 0 aliphatic heterocycles. The van der Waals surface area contributed by atoms with Gasteiger partial charge in [-0.05, 0) is 77.9 Å². The van der Waals surface area contributed by atoms with Crippen LogP contribution in [0.25, 0.3) is 0 Å². The normalized spacial score (nSPS) is 11.4. The van der Waals surface area contributed by atoms with Crippen LogP contribution in [0.2, 0.25) is 0 Å². The molecule has 0 bridgehead atoms. The highest BCUT2D eigenvalue weighted by molar-refractivity contribution is 5.15. The van der Waals surface area contributed by atoms with Gasteiger partial charge in [0.1, 0.15) is 0 Å². The summed E-state index contributed by atoms with van der Waals surface area (Å²) in [5.74, 6) is 12.9. The zero-order valence-electron chi connectivity index (χ0n) is 27.6. The molecule has 2 nitrogen and oxygen atoms in total. The molecule has 0 aromatic rings. The Kier molecular flexibility index (Phi) is 32.5. The van der Waals surface area contributed by atoms with E-state index >= 15 is 0 Å². The lowest BCUT2D eigenvalue weighted by molar-refractivity contribution is 0.249. The lowest BCUT2D eigenvalue weighted by atomic mass is 10.1. The average molecular weight is 553 g/mol. The molecule has 0 rings (SSSR count). The van der Waals surface area contributed by atoms with Gasteiger partial charge in [-0.2, -0.15) is 0 Å². The molecule has 0 fully saturated rings. The highest BCUT2D eigenvalue weighted by Crippen LogP contribution is 2.10. The van der Waals surface area contributed by atoms with Crippen LogP contribution in [-0.4, -0.2) is 50.1 Å². The van der Waals surface area contributed by atoms with E-state index in [9.17, 15) is 0 Å². The predicted molar refractivity (Wildman–Crippen MR) is 182 cm³/mol. The molecule has 0 saturated carbocycles. The molecule has 0 atom stereocenters. The molecule has 0 saturated heterocycles. The van der Waals surface area contributed by atoms with Gasteiger partial charge in [0, 0.05) is 25.9 Å². The summed E-state index contributed by atoms with van der Waals surface area (Å²) >= 11 is 0. The van der Waals surface area contributed by atoms with Crippen LogP contribution in [0.15, 0.2) is 24.3 Å². The van der Waals surface area contributed by atoms with Crippen molar-refractivity contribution in [2.45, 2.75) is 155 Å². The highest BCUT2D eigenvalue weighted by atomic mass is 15.2. The number of rotatable bonds is 27. The Bertz CT molecular complexity index is 624. The van der Waals surface area contributed by atoms with Crippen LogP contribution in [0.5, 0.6) is 0 Å². The Balaban J connectivity index is 3.40. The maximum atomic E-state index is 3.29. The van der Waals surface area contributed by atoms with Crippen LogP contribution < -0.4 is 0 Å². The molecule has 0 unspecified atom stereocenters. The van der Waals surface area contributed by atoms with Gasteiger partial charge in [0.25, 0.3) is 0 Å². The summed E-state index contributed by atoms with van der Waals surface area (Å²) in [6, 6.07) is 0. The first kappa shape index (κ1) is 38.5. The third kappa shape index (κ3) is 32.7. The molecule has 0 aromatic heterocycles. The number of likely N-dealkylation sites (N-methyl/N-ethyl adjacent to an activating group) is 2. The van der Waals surface area contributed by atoms with Crippen molar-refractivity contribution >= 4 is 0 Å². The third-order valence-electron chi connectivity index (χ3n) is 7.60. The summed E-state index contributed by atoms with van der Waals surface area (Å²) in [7, 11) is 4.59. The fourth-order valence-corrected chi connectivity index (χ4v) is 4.71. The van der Waals surface area contributed by atoms with Crippen LogP contribution in [0, 0.1) is 23.7 Å². The second kappa shape index (κ2) is 33.7. The summed E-state index contributed by atoms with van der Waals surface area (Å²) in [6.45, 7) is 9.35. The Labute approximate surface area is 252 Å². The smallest absolute Gasteiger partial charge is 0.0106 e. The van der Waals surface area contributed by atoms with Gasteiger partial charge >= 0.3 is 0 Å². The van der Waals surface area contributed by atoms with E-state index in [1.807, 2.05) is 12.2 Å². The molecular formula is C38H68N2. The van der Waals surface area contributed by atoms with Crippen molar-refractivity contribution in [2.24, 2.45) is 0 Å². The van der Waals surface area contributed by atoms with Gasteiger partial charge in [-0.25, -0.2) is 0 Å². The minimum absolute atomic E-state index is 1.06. The highest BCUT2D eigenvalue weighted by Gasteiger charge is 2.02. The van der Waals surface area contributed by atoms with Gasteiger partial charge < -0.3 is 9.80 Å². The fraction of sp³-hybridized carbons (Fsp3) is 0.789. The van der Waals surface area contributed by atoms with E-state index in [0.717, 1.165) is 12.8 Å². The zero-order valence-corrected chi connectivity index (χ0v) is 27.6. The summed E-state index contributed by atoms with van der Waals surface area (Å²) in [4.78, 5) is 5.05. The number of allylic oxidation sites excluding steroid dienone is 4. The van der Waals surface area contributed by atoms with Gasteiger partial charge in [-0.1, -0.05) is 140 Å². The van der Waals surface area contributed by atoms with Crippen molar-refractivity contribution in [3.05, 3.63) is 24.3 Å². The molecule has 230 valence electrons. The van der Waals surface area contributed by atoms with Crippen molar-refractivity contribution in [1.82, 2.24) is 9.80 Å². The van der Waals surface area contributed by atoms with Gasteiger partial charge in [0.2, 0.25) is 0 Å². The van der Waals surface area contributed by atoms with Crippen molar-refractivity contribution in [2.75, 3.05) is 40.3 Å². The van der Waals surface area contributed by atoms with Crippen LogP contribution in [0.3, 0.4) is 0 Å². The molecule has 0 aliphatic rings. The molecule has 0 N–H and O–H groups in total. The van der Waals surface area contributed by atoms with Crippen molar-refractivity contribution in [3.63, 3.8) is 0 Å². The van der Waals surface area contributed by atoms with Crippen molar-refractivity contribution < 1.29 is 0 Å². The SMILES string of the molecule is CCCC/C=C\C#CCCCCCCCCCN(C)CCN(C)CCCCCCCCCC#C/C=C\CCCC. The van der Waals surface area contributed by atoms with Gasteiger partial charge in [-0.15, -0.1) is 0 Å². The fourth-order valence-electron chi connectivity index (χ4n) is 4.71. The standard InChI is InChI=1S/C38H68N2/c1-5-7-9-11-13-15-17-19-21-23-25-27-29-31-33-35-39(3)37-38-40(4)36-34-32-30-28-26-24-22-20-18-16-14-12-10-8-6-2/h11-14H,5-10,19-38H2,1-4H3/b13-11-,14-12-. The largest absolute Gasteiger partial charge is 0.305 e. The molecule has 0 aromatic carbocycles. The Morgan fingerprint density at radius 1 is 0.425 bits per heavy atom. The Morgan fingerprint density at radius 3 is 1.15 bits per heavy atom. The maximum Gasteiger partial charge on any atom is 0.0106 e. The van der Waals surface area contributed by atoms with Crippen LogP contribution in [-0.2, 0) is 0 Å². The molecule has 0 amide bonds. The summed E-state index contributed by atoms with van der Waals surface area (Å²) < 4.78 is 0. The van der Waals surface area contributed by atoms with Crippen LogP contribution in [0.4, 0.5) is 0 Å². The summed E-state index contributed by atoms with van der Waals surface area (Å²) in [5, 5.41) is 0. The molecule has 0 radical (unpaired) electrons. The van der Waals surface area contributed by atoms with Crippen LogP contribution >= 0.6 is 0 Å². The number of hydrogen-bond acceptors (Lipinski definition) is 2. The molecule has 0 spiro atoms. The molecule has 0 aliphatic carbocycles. The van der Waals surface area contributed by atoms with E-state index in [0.29, 0.717) is 0 Å². The van der Waals surface area contributed by atoms with Gasteiger partial charge in [0.05, 0.1) is 0 Å². The van der Waals surface area contributed by atoms with Crippen molar-refractivity contribution in [3.8, 4) is 23.7 Å². The first-order chi connectivity index (χ1) is 19.7. The lowest BCUT2D eigenvalue weighted by Crippen LogP contribution is -2.32. The first-order valence-electron chi connectivity index (χ1n) is 17.3. The minimum Gasteiger partial charge on any atom is -0.305 e. The molecule has 40 heavy (non-hydrogen) atoms. The second-order valence-electron chi connectivity index (χ2n) is 11.8. The summed E-state index contributed by atoms with van der Waals surface area (Å²) in [6.07, 6.45) is 37.1. The van der Waals surface area contributed by atoms with E-state index in [1.54, 1.807) is 0 Å². The van der Waals surface area contributed by atoms with Gasteiger partial charge in [-0.3, -0.25) is 0 Å². The van der Waals surface area contributed by atoms with Crippen LogP contribution in [0.1, 0.15) is 155 Å². The number of hydrogen-bond donors (Lipinski definition) is 0. The van der Waals surface area contributed by atoms with Crippen molar-refractivity contribution in [1.29, 1.82) is 0 Å². The quantitative estimate of drug-likeness (QED) is 0.0738. The van der Waals surface area contributed by atoms with E-state index < -0.39 is 0 Å². The third-order valence-corrected chi connectivity index (χ3v) is 7.60. The van der Waals surface area contributed by atoms with E-state index in [1.165, 1.54) is 155 Å². The maximum absolute atomic E-state index is 3.29. The molecular weight excluding hydrogens is 484 g/mol. The summed E-state index contributed by atoms with van der Waals surface area (Å²) in [5.41, 5.74) is 0. The predicted octanol–water partition coefficient (Wildman–Crippen LogP) is 10.6. The lowest BCUT2D eigenvalue weighted by Gasteiger charge is -2.22. The minimum atomic E-state index is 1.06. The van der Waals surface area contributed by atoms with E-state index in [-0.39, 0.29) is 0 Å². The Morgan fingerprint density at radius 2 is 0.775 bits per heavy atom. The zero-order chi connectivity index (χ0) is 29.2. The Hall–Kier alpha value is -1.48. The van der Waals surface area contributed by atoms with Gasteiger partial charge in [0.15, 0.2) is 0 Å². The topological polar surface area (TPSA) is 6.48 Å². The van der Waals surface area contributed by atoms with E-state index in [2.05, 4.69) is 73.6 Å².